The summed E-state index contributed by atoms with van der Waals surface area (Å²) < 4.78 is 48.8. The minimum absolute atomic E-state index is 0.0406. The number of nitrogens with zero attached hydrogens (tertiary/aromatic N) is 2. The van der Waals surface area contributed by atoms with Crippen molar-refractivity contribution in [2.45, 2.75) is 62.4 Å². The minimum Gasteiger partial charge on any atom is -0.756 e. The first kappa shape index (κ1) is 29.3. The molecule has 0 radical (unpaired) electrons. The van der Waals surface area contributed by atoms with Crippen molar-refractivity contribution in [2.75, 3.05) is 20.7 Å². The Labute approximate surface area is 206 Å². The molecule has 2 saturated heterocycles. The maximum atomic E-state index is 12.3. The van der Waals surface area contributed by atoms with Crippen LogP contribution in [0.15, 0.2) is 24.7 Å². The monoisotopic (exact) mass is 558 g/mol. The summed E-state index contributed by atoms with van der Waals surface area (Å²) in [6.45, 7) is 4.35. The fourth-order valence-corrected chi connectivity index (χ4v) is 6.03. The Morgan fingerprint density at radius 2 is 1.92 bits per heavy atom. The Bertz CT molecular complexity index is 965. The number of phosphoric acid groups is 2. The van der Waals surface area contributed by atoms with E-state index in [1.165, 1.54) is 11.1 Å². The van der Waals surface area contributed by atoms with Gasteiger partial charge in [-0.1, -0.05) is 6.58 Å². The third kappa shape index (κ3) is 6.99. The van der Waals surface area contributed by atoms with Crippen molar-refractivity contribution in [2.24, 2.45) is 0 Å². The maximum Gasteiger partial charge on any atom is 0.478 e. The van der Waals surface area contributed by atoms with Gasteiger partial charge in [0.2, 0.25) is 0 Å². The molecule has 1 amide bonds. The molecule has 0 aliphatic carbocycles. The van der Waals surface area contributed by atoms with Gasteiger partial charge < -0.3 is 49.7 Å². The molecule has 0 aromatic carbocycles. The summed E-state index contributed by atoms with van der Waals surface area (Å²) in [6.07, 6.45) is -6.69. The van der Waals surface area contributed by atoms with Gasteiger partial charge in [0.25, 0.3) is 13.7 Å². The van der Waals surface area contributed by atoms with E-state index in [-0.39, 0.29) is 5.82 Å². The highest BCUT2D eigenvalue weighted by atomic mass is 31.3. The van der Waals surface area contributed by atoms with Crippen LogP contribution in [0.5, 0.6) is 0 Å². The molecule has 16 nitrogen and oxygen atoms in total. The third-order valence-corrected chi connectivity index (χ3v) is 8.26. The lowest BCUT2D eigenvalue weighted by Gasteiger charge is -2.42. The molecule has 2 fully saturated rings. The van der Waals surface area contributed by atoms with E-state index < -0.39 is 77.2 Å². The van der Waals surface area contributed by atoms with Crippen LogP contribution in [0.4, 0.5) is 0 Å². The van der Waals surface area contributed by atoms with Crippen LogP contribution >= 0.6 is 15.6 Å². The summed E-state index contributed by atoms with van der Waals surface area (Å²) in [4.78, 5) is 36.4. The number of rotatable bonds is 9. The highest BCUT2D eigenvalue weighted by molar-refractivity contribution is 7.60. The van der Waals surface area contributed by atoms with Gasteiger partial charge in [-0.15, -0.1) is 0 Å². The van der Waals surface area contributed by atoms with Gasteiger partial charge in [-0.2, -0.15) is 0 Å². The molecule has 3 heterocycles. The fraction of sp³-hybridized carbons (Fsp3) is 0.722. The molecule has 0 saturated carbocycles. The number of hydrogen-bond donors (Lipinski definition) is 5. The molecule has 3 rings (SSSR count). The van der Waals surface area contributed by atoms with E-state index in [1.807, 2.05) is 0 Å². The van der Waals surface area contributed by atoms with Crippen LogP contribution < -0.4 is 10.2 Å². The number of aliphatic hydroxyl groups is 3. The quantitative estimate of drug-likeness (QED) is 0.191. The fourth-order valence-electron chi connectivity index (χ4n) is 3.91. The van der Waals surface area contributed by atoms with Crippen LogP contribution in [0.25, 0.3) is 0 Å². The SMILES string of the molecule is C=C1NC(=O)C=CN1[C@@H]1O[C@H](COP(=O)(O)OP(=O)([O-])O[C@H]2OC(C)C[C@H](N(C)C)C2O)C(O)[C@@H]1O. The van der Waals surface area contributed by atoms with Crippen molar-refractivity contribution in [3.63, 3.8) is 0 Å². The van der Waals surface area contributed by atoms with Gasteiger partial charge in [0, 0.05) is 18.3 Å². The summed E-state index contributed by atoms with van der Waals surface area (Å²) in [5, 5.41) is 33.3. The van der Waals surface area contributed by atoms with Gasteiger partial charge in [0.05, 0.1) is 12.7 Å². The lowest BCUT2D eigenvalue weighted by atomic mass is 9.99. The standard InChI is InChI=1S/C18H31N3O13P2/c1-9-7-11(20(3)4)14(23)18(31-9)33-36(28,29)34-35(26,27)30-8-12-15(24)16(25)17(32-12)21-6-5-13(22)19-10(21)2/h5-6,9,11-12,14-18,23-25H,2,7-8H2,1,3-4H3,(H,19,22)(H,26,27)(H,28,29)/p-1/t9?,11-,12+,14?,15?,16-,17+,18+/m0/s1. The highest BCUT2D eigenvalue weighted by Crippen LogP contribution is 2.59. The molecule has 0 bridgehead atoms. The molecule has 5 N–H and O–H groups in total. The molecule has 18 heteroatoms. The molecule has 10 atom stereocenters. The van der Waals surface area contributed by atoms with E-state index in [2.05, 4.69) is 20.7 Å². The Morgan fingerprint density at radius 3 is 2.53 bits per heavy atom. The van der Waals surface area contributed by atoms with E-state index in [9.17, 15) is 39.0 Å². The predicted molar refractivity (Wildman–Crippen MR) is 117 cm³/mol. The summed E-state index contributed by atoms with van der Waals surface area (Å²) in [7, 11) is -7.56. The lowest BCUT2D eigenvalue weighted by Crippen LogP contribution is -2.54. The molecule has 5 unspecified atom stereocenters. The first-order valence-corrected chi connectivity index (χ1v) is 13.7. The van der Waals surface area contributed by atoms with Crippen LogP contribution in [-0.2, 0) is 36.8 Å². The summed E-state index contributed by atoms with van der Waals surface area (Å²) in [5.41, 5.74) is 0. The molecule has 0 spiro atoms. The van der Waals surface area contributed by atoms with E-state index in [0.29, 0.717) is 6.42 Å². The smallest absolute Gasteiger partial charge is 0.478 e. The van der Waals surface area contributed by atoms with Crippen LogP contribution in [0.3, 0.4) is 0 Å². The topological polar surface area (TPSA) is 220 Å². The number of likely N-dealkylation sites (N-methyl/N-ethyl adjacent to an activating group) is 1. The van der Waals surface area contributed by atoms with E-state index in [1.54, 1.807) is 25.9 Å². The van der Waals surface area contributed by atoms with Crippen molar-refractivity contribution >= 4 is 21.6 Å². The van der Waals surface area contributed by atoms with Gasteiger partial charge in [-0.05, 0) is 27.4 Å². The maximum absolute atomic E-state index is 12.3. The average molecular weight is 558 g/mol. The van der Waals surface area contributed by atoms with Crippen LogP contribution in [0, 0.1) is 0 Å². The Kier molecular flexibility index (Phi) is 9.17. The molecule has 3 aliphatic heterocycles. The summed E-state index contributed by atoms with van der Waals surface area (Å²) in [5.74, 6) is -0.427. The van der Waals surface area contributed by atoms with Gasteiger partial charge >= 0.3 is 7.82 Å². The highest BCUT2D eigenvalue weighted by Gasteiger charge is 2.47. The Hall–Kier alpha value is -1.23. The van der Waals surface area contributed by atoms with E-state index >= 15 is 0 Å². The van der Waals surface area contributed by atoms with Gasteiger partial charge in [-0.25, -0.2) is 8.88 Å². The van der Waals surface area contributed by atoms with Gasteiger partial charge in [0.1, 0.15) is 30.2 Å². The second kappa shape index (κ2) is 11.3. The van der Waals surface area contributed by atoms with Crippen molar-refractivity contribution in [1.29, 1.82) is 0 Å². The largest absolute Gasteiger partial charge is 0.756 e. The third-order valence-electron chi connectivity index (χ3n) is 5.69. The van der Waals surface area contributed by atoms with Crippen molar-refractivity contribution in [3.05, 3.63) is 24.7 Å². The van der Waals surface area contributed by atoms with E-state index in [4.69, 9.17) is 14.0 Å². The Morgan fingerprint density at radius 1 is 1.25 bits per heavy atom. The molecule has 0 aromatic rings. The molecular weight excluding hydrogens is 528 g/mol. The van der Waals surface area contributed by atoms with Crippen molar-refractivity contribution < 1.29 is 61.9 Å². The lowest BCUT2D eigenvalue weighted by molar-refractivity contribution is -0.270. The molecule has 206 valence electrons. The predicted octanol–water partition coefficient (Wildman–Crippen LogP) is -2.11. The van der Waals surface area contributed by atoms with Gasteiger partial charge in [0.15, 0.2) is 12.5 Å². The molecular formula is C18H30N3O13P2-. The normalized spacial score (nSPS) is 38.6. The van der Waals surface area contributed by atoms with Gasteiger partial charge in [-0.3, -0.25) is 18.4 Å². The number of hydrogen-bond acceptors (Lipinski definition) is 14. The number of nitrogens with one attached hydrogen (secondary N) is 1. The Balaban J connectivity index is 1.58. The van der Waals surface area contributed by atoms with Crippen LogP contribution in [0.1, 0.15) is 13.3 Å². The van der Waals surface area contributed by atoms with Crippen LogP contribution in [-0.4, -0.2) is 106 Å². The number of amides is 1. The average Bonchev–Trinajstić information content (AvgIpc) is 3.02. The van der Waals surface area contributed by atoms with E-state index in [0.717, 1.165) is 6.08 Å². The summed E-state index contributed by atoms with van der Waals surface area (Å²) >= 11 is 0. The minimum atomic E-state index is -5.55. The molecule has 3 aliphatic rings. The number of ether oxygens (including phenoxy) is 2. The van der Waals surface area contributed by atoms with Crippen molar-refractivity contribution in [3.8, 4) is 0 Å². The number of phosphoric ester groups is 2. The second-order valence-electron chi connectivity index (χ2n) is 8.68. The first-order chi connectivity index (χ1) is 16.6. The summed E-state index contributed by atoms with van der Waals surface area (Å²) in [6, 6.07) is -0.518. The zero-order valence-corrected chi connectivity index (χ0v) is 21.4. The first-order valence-electron chi connectivity index (χ1n) is 10.8. The number of carbonyl (C=O) groups is 1. The number of aliphatic hydroxyl groups excluding tert-OH is 3. The zero-order valence-electron chi connectivity index (χ0n) is 19.6. The van der Waals surface area contributed by atoms with Crippen molar-refractivity contribution in [1.82, 2.24) is 15.1 Å². The number of carbonyl (C=O) groups excluding carboxylic acids is 1. The van der Waals surface area contributed by atoms with Crippen LogP contribution in [0.2, 0.25) is 0 Å². The molecule has 36 heavy (non-hydrogen) atoms. The zero-order chi connectivity index (χ0) is 27.0. The molecule has 0 aromatic heterocycles. The second-order valence-corrected chi connectivity index (χ2v) is 11.6.